The zero-order chi connectivity index (χ0) is 15.5. The van der Waals surface area contributed by atoms with Crippen LogP contribution in [0.4, 0.5) is 13.2 Å². The normalized spacial score (nSPS) is 14.8. The maximum absolute atomic E-state index is 11.9. The number of halogens is 3. The monoisotopic (exact) mass is 294 g/mol. The molecule has 0 radical (unpaired) electrons. The zero-order valence-corrected chi connectivity index (χ0v) is 12.4. The third-order valence-electron chi connectivity index (χ3n) is 2.98. The van der Waals surface area contributed by atoms with Gasteiger partial charge in [-0.15, -0.1) is 0 Å². The van der Waals surface area contributed by atoms with E-state index in [1.54, 1.807) is 0 Å². The summed E-state index contributed by atoms with van der Waals surface area (Å²) in [7, 11) is 0. The van der Waals surface area contributed by atoms with Crippen molar-refractivity contribution in [1.82, 2.24) is 5.32 Å². The highest BCUT2D eigenvalue weighted by molar-refractivity contribution is 5.03. The Bertz CT molecular complexity index is 289. The van der Waals surface area contributed by atoms with Crippen LogP contribution in [0, 0.1) is 11.3 Å². The molecule has 0 spiro atoms. The maximum Gasteiger partial charge on any atom is 0.389 e. The Kier molecular flexibility index (Phi) is 9.60. The van der Waals surface area contributed by atoms with E-state index in [-0.39, 0.29) is 13.0 Å². The first-order chi connectivity index (χ1) is 9.33. The van der Waals surface area contributed by atoms with Crippen molar-refractivity contribution < 1.29 is 17.9 Å². The van der Waals surface area contributed by atoms with Gasteiger partial charge in [0.15, 0.2) is 0 Å². The standard InChI is InChI=1S/C14H25F3N2O/c1-3-9-19-13(2,12-18)7-4-5-10-20-11-6-8-14(15,16)17/h19H,3-11H2,1-2H3. The molecule has 0 saturated carbocycles. The second-order valence-electron chi connectivity index (χ2n) is 5.16. The molecule has 3 nitrogen and oxygen atoms in total. The van der Waals surface area contributed by atoms with Crippen molar-refractivity contribution in [3.8, 4) is 6.07 Å². The van der Waals surface area contributed by atoms with E-state index in [4.69, 9.17) is 10.00 Å². The van der Waals surface area contributed by atoms with Crippen molar-refractivity contribution in [2.75, 3.05) is 19.8 Å². The van der Waals surface area contributed by atoms with Crippen LogP contribution < -0.4 is 5.32 Å². The number of nitrogens with one attached hydrogen (secondary N) is 1. The molecule has 0 aromatic carbocycles. The van der Waals surface area contributed by atoms with Crippen LogP contribution in [0.2, 0.25) is 0 Å². The van der Waals surface area contributed by atoms with Crippen molar-refractivity contribution in [2.24, 2.45) is 0 Å². The molecule has 0 heterocycles. The van der Waals surface area contributed by atoms with Crippen LogP contribution in [0.25, 0.3) is 0 Å². The van der Waals surface area contributed by atoms with Gasteiger partial charge in [-0.05, 0) is 45.6 Å². The van der Waals surface area contributed by atoms with E-state index < -0.39 is 18.1 Å². The molecule has 0 aliphatic carbocycles. The number of hydrogen-bond donors (Lipinski definition) is 1. The molecule has 6 heteroatoms. The van der Waals surface area contributed by atoms with Gasteiger partial charge in [0.2, 0.25) is 0 Å². The molecule has 0 saturated heterocycles. The van der Waals surface area contributed by atoms with E-state index in [1.807, 2.05) is 13.8 Å². The molecule has 1 atom stereocenters. The summed E-state index contributed by atoms with van der Waals surface area (Å²) in [6.07, 6.45) is -1.60. The minimum Gasteiger partial charge on any atom is -0.381 e. The summed E-state index contributed by atoms with van der Waals surface area (Å²) in [4.78, 5) is 0. The highest BCUT2D eigenvalue weighted by Gasteiger charge is 2.26. The fraction of sp³-hybridized carbons (Fsp3) is 0.929. The first-order valence-electron chi connectivity index (χ1n) is 7.14. The summed E-state index contributed by atoms with van der Waals surface area (Å²) in [6.45, 7) is 5.31. The Morgan fingerprint density at radius 2 is 1.75 bits per heavy atom. The molecule has 0 rings (SSSR count). The Morgan fingerprint density at radius 3 is 2.30 bits per heavy atom. The van der Waals surface area contributed by atoms with E-state index in [9.17, 15) is 13.2 Å². The highest BCUT2D eigenvalue weighted by atomic mass is 19.4. The molecular weight excluding hydrogens is 269 g/mol. The molecule has 0 fully saturated rings. The van der Waals surface area contributed by atoms with Gasteiger partial charge in [-0.1, -0.05) is 6.92 Å². The van der Waals surface area contributed by atoms with Gasteiger partial charge in [0.05, 0.1) is 6.07 Å². The van der Waals surface area contributed by atoms with Gasteiger partial charge in [0.25, 0.3) is 0 Å². The number of hydrogen-bond acceptors (Lipinski definition) is 3. The van der Waals surface area contributed by atoms with E-state index in [0.29, 0.717) is 6.61 Å². The summed E-state index contributed by atoms with van der Waals surface area (Å²) in [6, 6.07) is 2.26. The lowest BCUT2D eigenvalue weighted by Crippen LogP contribution is -2.41. The van der Waals surface area contributed by atoms with Crippen LogP contribution >= 0.6 is 0 Å². The lowest BCUT2D eigenvalue weighted by molar-refractivity contribution is -0.137. The largest absolute Gasteiger partial charge is 0.389 e. The Hall–Kier alpha value is -0.800. The second-order valence-corrected chi connectivity index (χ2v) is 5.16. The van der Waals surface area contributed by atoms with Gasteiger partial charge in [-0.25, -0.2) is 0 Å². The molecule has 20 heavy (non-hydrogen) atoms. The van der Waals surface area contributed by atoms with Crippen molar-refractivity contribution in [1.29, 1.82) is 5.26 Å². The predicted molar refractivity (Wildman–Crippen MR) is 72.3 cm³/mol. The van der Waals surface area contributed by atoms with Crippen molar-refractivity contribution >= 4 is 0 Å². The minimum absolute atomic E-state index is 0.0114. The van der Waals surface area contributed by atoms with E-state index in [1.165, 1.54) is 0 Å². The summed E-state index contributed by atoms with van der Waals surface area (Å²) in [5.41, 5.74) is -0.522. The quantitative estimate of drug-likeness (QED) is 0.590. The summed E-state index contributed by atoms with van der Waals surface area (Å²) in [5, 5.41) is 12.3. The third-order valence-corrected chi connectivity index (χ3v) is 2.98. The number of rotatable bonds is 11. The van der Waals surface area contributed by atoms with Crippen LogP contribution in [0.5, 0.6) is 0 Å². The zero-order valence-electron chi connectivity index (χ0n) is 12.4. The first-order valence-corrected chi connectivity index (χ1v) is 7.14. The van der Waals surface area contributed by atoms with Crippen LogP contribution in [-0.4, -0.2) is 31.5 Å². The summed E-state index contributed by atoms with van der Waals surface area (Å²) >= 11 is 0. The van der Waals surface area contributed by atoms with Crippen molar-refractivity contribution in [3.05, 3.63) is 0 Å². The van der Waals surface area contributed by atoms with E-state index in [2.05, 4.69) is 11.4 Å². The predicted octanol–water partition coefficient (Wildman–Crippen LogP) is 3.80. The SMILES string of the molecule is CCCNC(C)(C#N)CCCCOCCCC(F)(F)F. The molecule has 0 aromatic heterocycles. The Balaban J connectivity index is 3.54. The van der Waals surface area contributed by atoms with Gasteiger partial charge in [-0.2, -0.15) is 18.4 Å². The van der Waals surface area contributed by atoms with Gasteiger partial charge in [-0.3, -0.25) is 5.32 Å². The Labute approximate surface area is 119 Å². The number of nitriles is 1. The fourth-order valence-electron chi connectivity index (χ4n) is 1.74. The smallest absolute Gasteiger partial charge is 0.381 e. The first kappa shape index (κ1) is 19.2. The van der Waals surface area contributed by atoms with Gasteiger partial charge < -0.3 is 4.74 Å². The van der Waals surface area contributed by atoms with E-state index >= 15 is 0 Å². The fourth-order valence-corrected chi connectivity index (χ4v) is 1.74. The molecule has 0 amide bonds. The van der Waals surface area contributed by atoms with Crippen LogP contribution in [0.15, 0.2) is 0 Å². The highest BCUT2D eigenvalue weighted by Crippen LogP contribution is 2.21. The van der Waals surface area contributed by atoms with E-state index in [0.717, 1.165) is 32.2 Å². The van der Waals surface area contributed by atoms with Gasteiger partial charge in [0, 0.05) is 19.6 Å². The maximum atomic E-state index is 11.9. The van der Waals surface area contributed by atoms with Crippen LogP contribution in [0.1, 0.15) is 52.4 Å². The molecule has 1 N–H and O–H groups in total. The molecular formula is C14H25F3N2O. The lowest BCUT2D eigenvalue weighted by atomic mass is 9.96. The lowest BCUT2D eigenvalue weighted by Gasteiger charge is -2.22. The Morgan fingerprint density at radius 1 is 1.10 bits per heavy atom. The van der Waals surface area contributed by atoms with Gasteiger partial charge in [0.1, 0.15) is 5.54 Å². The van der Waals surface area contributed by atoms with Crippen LogP contribution in [0.3, 0.4) is 0 Å². The molecule has 0 aliphatic heterocycles. The summed E-state index contributed by atoms with van der Waals surface area (Å²) in [5.74, 6) is 0. The number of ether oxygens (including phenoxy) is 1. The topological polar surface area (TPSA) is 45.0 Å². The molecule has 1 unspecified atom stereocenters. The molecule has 0 aliphatic rings. The average Bonchev–Trinajstić information content (AvgIpc) is 2.38. The third kappa shape index (κ3) is 11.1. The second kappa shape index (κ2) is 10.0. The molecule has 0 aromatic rings. The molecule has 118 valence electrons. The van der Waals surface area contributed by atoms with Crippen molar-refractivity contribution in [2.45, 2.75) is 64.1 Å². The number of alkyl halides is 3. The summed E-state index contributed by atoms with van der Waals surface area (Å²) < 4.78 is 40.7. The number of unbranched alkanes of at least 4 members (excludes halogenated alkanes) is 1. The van der Waals surface area contributed by atoms with Crippen LogP contribution in [-0.2, 0) is 4.74 Å². The average molecular weight is 294 g/mol. The van der Waals surface area contributed by atoms with Crippen molar-refractivity contribution in [3.63, 3.8) is 0 Å². The minimum atomic E-state index is -4.09. The van der Waals surface area contributed by atoms with Gasteiger partial charge >= 0.3 is 6.18 Å². The molecule has 0 bridgehead atoms. The number of nitrogens with zero attached hydrogens (tertiary/aromatic N) is 1.